The molecule has 0 radical (unpaired) electrons. The van der Waals surface area contributed by atoms with Crippen LogP contribution in [0.3, 0.4) is 0 Å². The lowest BCUT2D eigenvalue weighted by Crippen LogP contribution is -2.60. The van der Waals surface area contributed by atoms with Gasteiger partial charge in [-0.2, -0.15) is 0 Å². The molecule has 1 heterocycles. The quantitative estimate of drug-likeness (QED) is 0.138. The number of halogens is 1. The van der Waals surface area contributed by atoms with Gasteiger partial charge in [0, 0.05) is 12.5 Å². The van der Waals surface area contributed by atoms with Crippen LogP contribution >= 0.6 is 11.6 Å². The summed E-state index contributed by atoms with van der Waals surface area (Å²) < 4.78 is 32.4. The topological polar surface area (TPSA) is 46.2 Å². The van der Waals surface area contributed by atoms with Crippen molar-refractivity contribution in [3.63, 3.8) is 0 Å². The Hall–Kier alpha value is -2.25. The summed E-state index contributed by atoms with van der Waals surface area (Å²) in [4.78, 5) is 0. The summed E-state index contributed by atoms with van der Waals surface area (Å²) in [6.45, 7) is 3.95. The van der Waals surface area contributed by atoms with E-state index in [1.807, 2.05) is 61.5 Å². The van der Waals surface area contributed by atoms with Gasteiger partial charge >= 0.3 is 0 Å². The fourth-order valence-electron chi connectivity index (χ4n) is 4.75. The Morgan fingerprint density at radius 3 is 1.54 bits per heavy atom. The lowest BCUT2D eigenvalue weighted by atomic mass is 9.98. The van der Waals surface area contributed by atoms with Crippen molar-refractivity contribution in [1.29, 1.82) is 0 Å². The van der Waals surface area contributed by atoms with Crippen molar-refractivity contribution in [1.82, 2.24) is 0 Å². The standard InChI is InChI=1S/C33H41ClO5/c1-26-30(36-23-27-15-7-4-8-16-27)31(37-24-28-17-9-5-10-18-28)32(38-25-29-19-11-6-12-20-29)33(39-26)35-22-14-3-2-13-21-34/h4-12,15-20,26,30-33H,2-3,13-14,21-25H2,1H3/t26-,30+,31+,32-,33+/m0/s1. The number of alkyl halides is 1. The normalized spacial score (nSPS) is 23.1. The molecule has 4 rings (SSSR count). The Balaban J connectivity index is 1.51. The summed E-state index contributed by atoms with van der Waals surface area (Å²) in [6.07, 6.45) is 2.15. The highest BCUT2D eigenvalue weighted by molar-refractivity contribution is 6.17. The van der Waals surface area contributed by atoms with E-state index in [4.69, 9.17) is 35.3 Å². The average Bonchev–Trinajstić information content (AvgIpc) is 2.98. The molecule has 0 aliphatic carbocycles. The van der Waals surface area contributed by atoms with Crippen LogP contribution in [-0.4, -0.2) is 43.2 Å². The van der Waals surface area contributed by atoms with Gasteiger partial charge in [-0.05, 0) is 36.5 Å². The van der Waals surface area contributed by atoms with Crippen molar-refractivity contribution in [3.8, 4) is 0 Å². The van der Waals surface area contributed by atoms with E-state index in [9.17, 15) is 0 Å². The van der Waals surface area contributed by atoms with Gasteiger partial charge in [0.1, 0.15) is 18.3 Å². The molecular weight excluding hydrogens is 512 g/mol. The van der Waals surface area contributed by atoms with Crippen LogP contribution in [0.4, 0.5) is 0 Å². The molecule has 210 valence electrons. The Labute approximate surface area is 238 Å². The lowest BCUT2D eigenvalue weighted by molar-refractivity contribution is -0.320. The number of unbranched alkanes of at least 4 members (excludes halogenated alkanes) is 3. The van der Waals surface area contributed by atoms with Gasteiger partial charge in [0.15, 0.2) is 6.29 Å². The fourth-order valence-corrected chi connectivity index (χ4v) is 4.94. The first-order chi connectivity index (χ1) is 19.2. The molecule has 0 saturated carbocycles. The highest BCUT2D eigenvalue weighted by atomic mass is 35.5. The van der Waals surface area contributed by atoms with E-state index < -0.39 is 12.4 Å². The van der Waals surface area contributed by atoms with Crippen molar-refractivity contribution in [3.05, 3.63) is 108 Å². The van der Waals surface area contributed by atoms with Crippen LogP contribution in [-0.2, 0) is 43.5 Å². The minimum absolute atomic E-state index is 0.243. The number of hydrogen-bond donors (Lipinski definition) is 0. The first-order valence-corrected chi connectivity index (χ1v) is 14.6. The molecule has 1 fully saturated rings. The minimum atomic E-state index is -0.561. The maximum absolute atomic E-state index is 6.61. The van der Waals surface area contributed by atoms with Gasteiger partial charge in [-0.15, -0.1) is 11.6 Å². The number of hydrogen-bond acceptors (Lipinski definition) is 5. The predicted molar refractivity (Wildman–Crippen MR) is 155 cm³/mol. The first kappa shape index (κ1) is 29.7. The van der Waals surface area contributed by atoms with Gasteiger partial charge in [-0.3, -0.25) is 0 Å². The summed E-state index contributed by atoms with van der Waals surface area (Å²) in [5.74, 6) is 0.699. The Morgan fingerprint density at radius 2 is 1.03 bits per heavy atom. The molecule has 0 bridgehead atoms. The van der Waals surface area contributed by atoms with Gasteiger partial charge in [-0.1, -0.05) is 104 Å². The van der Waals surface area contributed by atoms with Crippen LogP contribution in [0.2, 0.25) is 0 Å². The van der Waals surface area contributed by atoms with Crippen LogP contribution in [0.15, 0.2) is 91.0 Å². The van der Waals surface area contributed by atoms with Crippen molar-refractivity contribution in [2.45, 2.75) is 83.1 Å². The van der Waals surface area contributed by atoms with Crippen LogP contribution in [0, 0.1) is 0 Å². The average molecular weight is 553 g/mol. The smallest absolute Gasteiger partial charge is 0.186 e. The zero-order valence-corrected chi connectivity index (χ0v) is 23.6. The molecule has 5 atom stereocenters. The van der Waals surface area contributed by atoms with Crippen LogP contribution in [0.1, 0.15) is 49.3 Å². The van der Waals surface area contributed by atoms with E-state index in [2.05, 4.69) is 36.4 Å². The van der Waals surface area contributed by atoms with Crippen LogP contribution in [0.25, 0.3) is 0 Å². The molecule has 1 aliphatic rings. The second-order valence-electron chi connectivity index (χ2n) is 9.97. The third-order valence-electron chi connectivity index (χ3n) is 6.89. The van der Waals surface area contributed by atoms with E-state index in [1.165, 1.54) is 0 Å². The van der Waals surface area contributed by atoms with E-state index in [-0.39, 0.29) is 18.3 Å². The molecule has 5 nitrogen and oxygen atoms in total. The van der Waals surface area contributed by atoms with Crippen molar-refractivity contribution in [2.24, 2.45) is 0 Å². The monoisotopic (exact) mass is 552 g/mol. The minimum Gasteiger partial charge on any atom is -0.368 e. The lowest BCUT2D eigenvalue weighted by Gasteiger charge is -2.45. The molecule has 0 spiro atoms. The second kappa shape index (κ2) is 16.8. The third-order valence-corrected chi connectivity index (χ3v) is 7.16. The summed E-state index contributed by atoms with van der Waals surface area (Å²) in [6, 6.07) is 30.5. The Morgan fingerprint density at radius 1 is 0.564 bits per heavy atom. The fraction of sp³-hybridized carbons (Fsp3) is 0.455. The maximum atomic E-state index is 6.61. The number of benzene rings is 3. The van der Waals surface area contributed by atoms with Gasteiger partial charge < -0.3 is 23.7 Å². The van der Waals surface area contributed by atoms with E-state index in [1.54, 1.807) is 0 Å². The molecule has 0 N–H and O–H groups in total. The van der Waals surface area contributed by atoms with Crippen molar-refractivity contribution in [2.75, 3.05) is 12.5 Å². The number of ether oxygens (including phenoxy) is 5. The largest absolute Gasteiger partial charge is 0.368 e. The number of rotatable bonds is 16. The van der Waals surface area contributed by atoms with Crippen LogP contribution in [0.5, 0.6) is 0 Å². The van der Waals surface area contributed by atoms with Crippen LogP contribution < -0.4 is 0 Å². The zero-order valence-electron chi connectivity index (χ0n) is 22.8. The first-order valence-electron chi connectivity index (χ1n) is 14.0. The predicted octanol–water partition coefficient (Wildman–Crippen LogP) is 7.30. The van der Waals surface area contributed by atoms with Gasteiger partial charge in [-0.25, -0.2) is 0 Å². The molecule has 0 unspecified atom stereocenters. The summed E-state index contributed by atoms with van der Waals surface area (Å²) in [7, 11) is 0. The summed E-state index contributed by atoms with van der Waals surface area (Å²) >= 11 is 5.83. The van der Waals surface area contributed by atoms with Gasteiger partial charge in [0.25, 0.3) is 0 Å². The van der Waals surface area contributed by atoms with Crippen molar-refractivity contribution >= 4 is 11.6 Å². The third kappa shape index (κ3) is 9.71. The Bertz CT molecular complexity index is 1040. The zero-order chi connectivity index (χ0) is 27.1. The molecule has 1 aliphatic heterocycles. The van der Waals surface area contributed by atoms with Gasteiger partial charge in [0.2, 0.25) is 0 Å². The second-order valence-corrected chi connectivity index (χ2v) is 10.3. The Kier molecular flexibility index (Phi) is 12.8. The SMILES string of the molecule is C[C@@H]1O[C@@H](OCCCCCCCl)[C@@H](OCc2ccccc2)[C@H](OCc2ccccc2)[C@@H]1OCc1ccccc1. The maximum Gasteiger partial charge on any atom is 0.186 e. The van der Waals surface area contributed by atoms with Crippen molar-refractivity contribution < 1.29 is 23.7 Å². The molecule has 0 aromatic heterocycles. The summed E-state index contributed by atoms with van der Waals surface area (Å²) in [5, 5.41) is 0. The highest BCUT2D eigenvalue weighted by Gasteiger charge is 2.47. The van der Waals surface area contributed by atoms with Gasteiger partial charge in [0.05, 0.1) is 25.9 Å². The molecule has 6 heteroatoms. The molecular formula is C33H41ClO5. The molecule has 1 saturated heterocycles. The molecule has 39 heavy (non-hydrogen) atoms. The molecule has 3 aromatic carbocycles. The molecule has 0 amide bonds. The molecule has 3 aromatic rings. The highest BCUT2D eigenvalue weighted by Crippen LogP contribution is 2.31. The van der Waals surface area contributed by atoms with E-state index in [0.29, 0.717) is 32.3 Å². The summed E-state index contributed by atoms with van der Waals surface area (Å²) in [5.41, 5.74) is 3.28. The van der Waals surface area contributed by atoms with E-state index in [0.717, 1.165) is 42.4 Å². The van der Waals surface area contributed by atoms with E-state index >= 15 is 0 Å².